The molecule has 0 aliphatic carbocycles. The molecule has 2 heterocycles. The average Bonchev–Trinajstić information content (AvgIpc) is 2.94. The Labute approximate surface area is 111 Å². The molecule has 0 saturated heterocycles. The van der Waals surface area contributed by atoms with Crippen molar-refractivity contribution in [2.24, 2.45) is 5.73 Å². The van der Waals surface area contributed by atoms with Crippen molar-refractivity contribution >= 4 is 0 Å². The van der Waals surface area contributed by atoms with Gasteiger partial charge in [0.05, 0.1) is 5.69 Å². The molecule has 1 aromatic carbocycles. The Bertz CT molecular complexity index is 601. The molecule has 1 unspecified atom stereocenters. The van der Waals surface area contributed by atoms with Gasteiger partial charge in [-0.15, -0.1) is 0 Å². The predicted octanol–water partition coefficient (Wildman–Crippen LogP) is 1.93. The highest BCUT2D eigenvalue weighted by Crippen LogP contribution is 2.35. The summed E-state index contributed by atoms with van der Waals surface area (Å²) in [6.45, 7) is 2.82. The van der Waals surface area contributed by atoms with Crippen LogP contribution in [0.3, 0.4) is 0 Å². The van der Waals surface area contributed by atoms with E-state index in [1.54, 1.807) is 6.20 Å². The summed E-state index contributed by atoms with van der Waals surface area (Å²) in [5.74, 6) is 2.43. The van der Waals surface area contributed by atoms with Crippen molar-refractivity contribution in [2.75, 3.05) is 13.3 Å². The Kier molecular flexibility index (Phi) is 3.05. The van der Waals surface area contributed by atoms with E-state index in [0.717, 1.165) is 28.6 Å². The zero-order chi connectivity index (χ0) is 13.2. The maximum atomic E-state index is 5.65. The van der Waals surface area contributed by atoms with Crippen molar-refractivity contribution in [2.45, 2.75) is 12.8 Å². The molecule has 5 nitrogen and oxygen atoms in total. The fraction of sp³-hybridized carbons (Fsp3) is 0.286. The van der Waals surface area contributed by atoms with Crippen LogP contribution in [0.4, 0.5) is 0 Å². The van der Waals surface area contributed by atoms with Gasteiger partial charge >= 0.3 is 0 Å². The van der Waals surface area contributed by atoms with Crippen LogP contribution in [0.2, 0.25) is 0 Å². The number of fused-ring (bicyclic) bond motifs is 1. The van der Waals surface area contributed by atoms with Gasteiger partial charge in [-0.25, -0.2) is 9.97 Å². The molecule has 0 radical (unpaired) electrons. The number of aromatic nitrogens is 2. The zero-order valence-corrected chi connectivity index (χ0v) is 10.7. The highest BCUT2D eigenvalue weighted by molar-refractivity contribution is 5.64. The van der Waals surface area contributed by atoms with Crippen LogP contribution in [-0.2, 0) is 0 Å². The molecular formula is C14H15N3O2. The van der Waals surface area contributed by atoms with Crippen LogP contribution in [0.1, 0.15) is 18.7 Å². The number of hydrogen-bond donors (Lipinski definition) is 1. The SMILES string of the molecule is CC(CN)c1nccc(-c2ccc3c(c2)OCO3)n1. The van der Waals surface area contributed by atoms with Crippen molar-refractivity contribution in [1.82, 2.24) is 9.97 Å². The van der Waals surface area contributed by atoms with E-state index in [-0.39, 0.29) is 12.7 Å². The number of ether oxygens (including phenoxy) is 2. The van der Waals surface area contributed by atoms with Crippen molar-refractivity contribution in [3.05, 3.63) is 36.3 Å². The Balaban J connectivity index is 1.98. The molecule has 0 fully saturated rings. The predicted molar refractivity (Wildman–Crippen MR) is 71.1 cm³/mol. The lowest BCUT2D eigenvalue weighted by molar-refractivity contribution is 0.174. The minimum Gasteiger partial charge on any atom is -0.454 e. The first-order valence-electron chi connectivity index (χ1n) is 6.21. The molecule has 3 rings (SSSR count). The van der Waals surface area contributed by atoms with E-state index in [9.17, 15) is 0 Å². The van der Waals surface area contributed by atoms with Crippen LogP contribution in [0.5, 0.6) is 11.5 Å². The summed E-state index contributed by atoms with van der Waals surface area (Å²) in [6.07, 6.45) is 1.76. The lowest BCUT2D eigenvalue weighted by Crippen LogP contribution is -2.12. The fourth-order valence-electron chi connectivity index (χ4n) is 1.93. The third-order valence-electron chi connectivity index (χ3n) is 3.14. The van der Waals surface area contributed by atoms with Gasteiger partial charge in [0.15, 0.2) is 11.5 Å². The minimum absolute atomic E-state index is 0.147. The lowest BCUT2D eigenvalue weighted by atomic mass is 10.1. The lowest BCUT2D eigenvalue weighted by Gasteiger charge is -2.08. The Morgan fingerprint density at radius 1 is 1.26 bits per heavy atom. The molecule has 5 heteroatoms. The average molecular weight is 257 g/mol. The van der Waals surface area contributed by atoms with E-state index in [4.69, 9.17) is 15.2 Å². The summed E-state index contributed by atoms with van der Waals surface area (Å²) in [4.78, 5) is 8.81. The van der Waals surface area contributed by atoms with E-state index in [1.165, 1.54) is 0 Å². The number of benzene rings is 1. The van der Waals surface area contributed by atoms with Gasteiger partial charge in [0.25, 0.3) is 0 Å². The van der Waals surface area contributed by atoms with E-state index in [0.29, 0.717) is 6.54 Å². The molecule has 0 amide bonds. The van der Waals surface area contributed by atoms with Crippen molar-refractivity contribution < 1.29 is 9.47 Å². The van der Waals surface area contributed by atoms with Gasteiger partial charge in [0, 0.05) is 24.2 Å². The summed E-state index contributed by atoms with van der Waals surface area (Å²) in [6, 6.07) is 7.67. The topological polar surface area (TPSA) is 70.3 Å². The van der Waals surface area contributed by atoms with Crippen molar-refractivity contribution in [3.8, 4) is 22.8 Å². The summed E-state index contributed by atoms with van der Waals surface area (Å²) < 4.78 is 10.7. The minimum atomic E-state index is 0.147. The van der Waals surface area contributed by atoms with Crippen LogP contribution in [0, 0.1) is 0 Å². The van der Waals surface area contributed by atoms with Gasteiger partial charge in [-0.3, -0.25) is 0 Å². The number of nitrogens with zero attached hydrogens (tertiary/aromatic N) is 2. The van der Waals surface area contributed by atoms with Crippen LogP contribution < -0.4 is 15.2 Å². The summed E-state index contributed by atoms with van der Waals surface area (Å²) >= 11 is 0. The molecule has 0 spiro atoms. The highest BCUT2D eigenvalue weighted by atomic mass is 16.7. The van der Waals surface area contributed by atoms with E-state index < -0.39 is 0 Å². The molecule has 2 aromatic rings. The van der Waals surface area contributed by atoms with Crippen molar-refractivity contribution in [3.63, 3.8) is 0 Å². The van der Waals surface area contributed by atoms with E-state index >= 15 is 0 Å². The molecule has 1 atom stereocenters. The number of rotatable bonds is 3. The maximum Gasteiger partial charge on any atom is 0.231 e. The van der Waals surface area contributed by atoms with Crippen LogP contribution >= 0.6 is 0 Å². The molecule has 1 aromatic heterocycles. The first-order chi connectivity index (χ1) is 9.28. The molecule has 0 saturated carbocycles. The van der Waals surface area contributed by atoms with Crippen LogP contribution in [0.25, 0.3) is 11.3 Å². The second-order valence-electron chi connectivity index (χ2n) is 4.50. The van der Waals surface area contributed by atoms with Gasteiger partial charge < -0.3 is 15.2 Å². The highest BCUT2D eigenvalue weighted by Gasteiger charge is 2.15. The molecule has 1 aliphatic rings. The summed E-state index contributed by atoms with van der Waals surface area (Å²) in [7, 11) is 0. The molecule has 2 N–H and O–H groups in total. The van der Waals surface area contributed by atoms with Gasteiger partial charge in [-0.05, 0) is 24.3 Å². The van der Waals surface area contributed by atoms with Gasteiger partial charge in [0.1, 0.15) is 5.82 Å². The maximum absolute atomic E-state index is 5.65. The summed E-state index contributed by atoms with van der Waals surface area (Å²) in [5, 5.41) is 0. The second-order valence-corrected chi connectivity index (χ2v) is 4.50. The van der Waals surface area contributed by atoms with Gasteiger partial charge in [-0.1, -0.05) is 6.92 Å². The third kappa shape index (κ3) is 2.24. The molecule has 19 heavy (non-hydrogen) atoms. The smallest absolute Gasteiger partial charge is 0.231 e. The number of hydrogen-bond acceptors (Lipinski definition) is 5. The standard InChI is InChI=1S/C14H15N3O2/c1-9(7-15)14-16-5-4-11(17-14)10-2-3-12-13(6-10)19-8-18-12/h2-6,9H,7-8,15H2,1H3. The monoisotopic (exact) mass is 257 g/mol. The quantitative estimate of drug-likeness (QED) is 0.909. The number of nitrogens with two attached hydrogens (primary N) is 1. The van der Waals surface area contributed by atoms with E-state index in [2.05, 4.69) is 9.97 Å². The van der Waals surface area contributed by atoms with Gasteiger partial charge in [0.2, 0.25) is 6.79 Å². The fourth-order valence-corrected chi connectivity index (χ4v) is 1.93. The van der Waals surface area contributed by atoms with Crippen LogP contribution in [0.15, 0.2) is 30.5 Å². The van der Waals surface area contributed by atoms with Crippen molar-refractivity contribution in [1.29, 1.82) is 0 Å². The normalized spacial score (nSPS) is 14.4. The molecule has 0 bridgehead atoms. The van der Waals surface area contributed by atoms with Crippen LogP contribution in [-0.4, -0.2) is 23.3 Å². The van der Waals surface area contributed by atoms with E-state index in [1.807, 2.05) is 31.2 Å². The molecular weight excluding hydrogens is 242 g/mol. The molecule has 1 aliphatic heterocycles. The second kappa shape index (κ2) is 4.85. The Morgan fingerprint density at radius 2 is 2.11 bits per heavy atom. The molecule has 98 valence electrons. The Morgan fingerprint density at radius 3 is 2.95 bits per heavy atom. The Hall–Kier alpha value is -2.14. The first kappa shape index (κ1) is 11.9. The first-order valence-corrected chi connectivity index (χ1v) is 6.21. The zero-order valence-electron chi connectivity index (χ0n) is 10.7. The third-order valence-corrected chi connectivity index (χ3v) is 3.14. The largest absolute Gasteiger partial charge is 0.454 e. The summed E-state index contributed by atoms with van der Waals surface area (Å²) in [5.41, 5.74) is 7.50. The van der Waals surface area contributed by atoms with Gasteiger partial charge in [-0.2, -0.15) is 0 Å².